The van der Waals surface area contributed by atoms with Crippen LogP contribution >= 0.6 is 11.6 Å². The van der Waals surface area contributed by atoms with Crippen molar-refractivity contribution in [2.24, 2.45) is 0 Å². The lowest BCUT2D eigenvalue weighted by atomic mass is 10.2. The highest BCUT2D eigenvalue weighted by molar-refractivity contribution is 6.28. The maximum atomic E-state index is 13.2. The smallest absolute Gasteiger partial charge is 0.222 e. The van der Waals surface area contributed by atoms with Gasteiger partial charge in [-0.25, -0.2) is 14.4 Å². The standard InChI is InChI=1S/C9H6ClFN2O/c1-14-8-3-7-5(2-6(8)11)4-12-9(10)13-7/h2-4H,1H3. The minimum absolute atomic E-state index is 0.131. The second kappa shape index (κ2) is 3.38. The predicted octanol–water partition coefficient (Wildman–Crippen LogP) is 2.43. The van der Waals surface area contributed by atoms with Gasteiger partial charge in [0.2, 0.25) is 5.28 Å². The minimum Gasteiger partial charge on any atom is -0.494 e. The number of rotatable bonds is 1. The zero-order valence-corrected chi connectivity index (χ0v) is 8.05. The third kappa shape index (κ3) is 1.48. The van der Waals surface area contributed by atoms with E-state index in [1.165, 1.54) is 25.4 Å². The Morgan fingerprint density at radius 3 is 2.93 bits per heavy atom. The first kappa shape index (κ1) is 9.15. The number of benzene rings is 1. The number of ether oxygens (including phenoxy) is 1. The molecule has 0 aliphatic rings. The van der Waals surface area contributed by atoms with Crippen LogP contribution in [0.3, 0.4) is 0 Å². The van der Waals surface area contributed by atoms with E-state index in [1.54, 1.807) is 0 Å². The van der Waals surface area contributed by atoms with E-state index in [0.717, 1.165) is 0 Å². The molecule has 1 aromatic carbocycles. The van der Waals surface area contributed by atoms with E-state index in [1.807, 2.05) is 0 Å². The summed E-state index contributed by atoms with van der Waals surface area (Å²) in [5, 5.41) is 0.721. The van der Waals surface area contributed by atoms with Crippen LogP contribution in [0.4, 0.5) is 4.39 Å². The third-order valence-electron chi connectivity index (χ3n) is 1.82. The summed E-state index contributed by atoms with van der Waals surface area (Å²) in [7, 11) is 1.40. The molecule has 0 saturated carbocycles. The maximum Gasteiger partial charge on any atom is 0.222 e. The Morgan fingerprint density at radius 1 is 1.43 bits per heavy atom. The molecular formula is C9H6ClFN2O. The Kier molecular flexibility index (Phi) is 2.21. The molecule has 0 amide bonds. The number of halogens is 2. The molecule has 0 aliphatic carbocycles. The zero-order valence-electron chi connectivity index (χ0n) is 7.29. The van der Waals surface area contributed by atoms with Gasteiger partial charge in [0.15, 0.2) is 11.6 Å². The molecule has 0 unspecified atom stereocenters. The molecule has 0 bridgehead atoms. The molecule has 72 valence electrons. The molecule has 0 saturated heterocycles. The topological polar surface area (TPSA) is 35.0 Å². The Labute approximate surface area is 84.5 Å². The maximum absolute atomic E-state index is 13.2. The first-order valence-electron chi connectivity index (χ1n) is 3.86. The van der Waals surface area contributed by atoms with Crippen LogP contribution < -0.4 is 4.74 Å². The number of hydrogen-bond donors (Lipinski definition) is 0. The van der Waals surface area contributed by atoms with Crippen molar-refractivity contribution < 1.29 is 9.13 Å². The number of aromatic nitrogens is 2. The summed E-state index contributed by atoms with van der Waals surface area (Å²) >= 11 is 5.60. The quantitative estimate of drug-likeness (QED) is 0.681. The normalized spacial score (nSPS) is 10.5. The second-order valence-corrected chi connectivity index (χ2v) is 3.02. The van der Waals surface area contributed by atoms with E-state index in [4.69, 9.17) is 16.3 Å². The average Bonchev–Trinajstić information content (AvgIpc) is 2.17. The third-order valence-corrected chi connectivity index (χ3v) is 2.01. The molecule has 3 nitrogen and oxygen atoms in total. The zero-order chi connectivity index (χ0) is 10.1. The van der Waals surface area contributed by atoms with Crippen molar-refractivity contribution in [1.29, 1.82) is 0 Å². The van der Waals surface area contributed by atoms with E-state index >= 15 is 0 Å². The fraction of sp³-hybridized carbons (Fsp3) is 0.111. The molecule has 5 heteroatoms. The molecule has 2 aromatic rings. The van der Waals surface area contributed by atoms with Crippen molar-refractivity contribution in [3.05, 3.63) is 29.4 Å². The summed E-state index contributed by atoms with van der Waals surface area (Å²) in [6, 6.07) is 2.79. The van der Waals surface area contributed by atoms with Crippen LogP contribution in [0.25, 0.3) is 10.9 Å². The van der Waals surface area contributed by atoms with Gasteiger partial charge in [-0.1, -0.05) is 0 Å². The molecule has 1 aromatic heterocycles. The fourth-order valence-electron chi connectivity index (χ4n) is 1.17. The van der Waals surface area contributed by atoms with Crippen molar-refractivity contribution in [2.75, 3.05) is 7.11 Å². The summed E-state index contributed by atoms with van der Waals surface area (Å²) in [4.78, 5) is 7.68. The molecule has 2 rings (SSSR count). The molecule has 0 N–H and O–H groups in total. The molecule has 0 atom stereocenters. The van der Waals surface area contributed by atoms with Crippen LogP contribution in [-0.4, -0.2) is 17.1 Å². The van der Waals surface area contributed by atoms with Crippen molar-refractivity contribution in [2.45, 2.75) is 0 Å². The fourth-order valence-corrected chi connectivity index (χ4v) is 1.31. The lowest BCUT2D eigenvalue weighted by Crippen LogP contribution is -1.90. The largest absolute Gasteiger partial charge is 0.494 e. The van der Waals surface area contributed by atoms with Crippen LogP contribution in [-0.2, 0) is 0 Å². The Balaban J connectivity index is 2.73. The molecule has 0 fully saturated rings. The molecule has 1 heterocycles. The second-order valence-electron chi connectivity index (χ2n) is 2.68. The lowest BCUT2D eigenvalue weighted by Gasteiger charge is -2.03. The monoisotopic (exact) mass is 212 g/mol. The van der Waals surface area contributed by atoms with E-state index in [9.17, 15) is 4.39 Å². The van der Waals surface area contributed by atoms with Gasteiger partial charge in [-0.3, -0.25) is 0 Å². The first-order chi connectivity index (χ1) is 6.70. The highest BCUT2D eigenvalue weighted by Crippen LogP contribution is 2.23. The van der Waals surface area contributed by atoms with Gasteiger partial charge in [0, 0.05) is 17.6 Å². The van der Waals surface area contributed by atoms with E-state index in [-0.39, 0.29) is 11.0 Å². The highest BCUT2D eigenvalue weighted by atomic mass is 35.5. The van der Waals surface area contributed by atoms with Gasteiger partial charge in [-0.2, -0.15) is 0 Å². The van der Waals surface area contributed by atoms with Crippen molar-refractivity contribution in [1.82, 2.24) is 9.97 Å². The van der Waals surface area contributed by atoms with Gasteiger partial charge in [0.1, 0.15) is 0 Å². The summed E-state index contributed by atoms with van der Waals surface area (Å²) in [5.41, 5.74) is 0.559. The molecule has 0 radical (unpaired) electrons. The molecule has 0 spiro atoms. The SMILES string of the molecule is COc1cc2nc(Cl)ncc2cc1F. The van der Waals surface area contributed by atoms with Crippen molar-refractivity contribution in [3.8, 4) is 5.75 Å². The molecule has 14 heavy (non-hydrogen) atoms. The van der Waals surface area contributed by atoms with Crippen molar-refractivity contribution in [3.63, 3.8) is 0 Å². The van der Waals surface area contributed by atoms with Gasteiger partial charge in [-0.05, 0) is 17.7 Å². The first-order valence-corrected chi connectivity index (χ1v) is 4.24. The van der Waals surface area contributed by atoms with E-state index < -0.39 is 5.82 Å². The Morgan fingerprint density at radius 2 is 2.21 bits per heavy atom. The van der Waals surface area contributed by atoms with Crippen LogP contribution in [0, 0.1) is 5.82 Å². The minimum atomic E-state index is -0.439. The summed E-state index contributed by atoms with van der Waals surface area (Å²) in [5.74, 6) is -0.293. The summed E-state index contributed by atoms with van der Waals surface area (Å²) < 4.78 is 18.0. The van der Waals surface area contributed by atoms with Gasteiger partial charge in [-0.15, -0.1) is 0 Å². The Hall–Kier alpha value is -1.42. The number of hydrogen-bond acceptors (Lipinski definition) is 3. The van der Waals surface area contributed by atoms with Gasteiger partial charge >= 0.3 is 0 Å². The molecular weight excluding hydrogens is 207 g/mol. The lowest BCUT2D eigenvalue weighted by molar-refractivity contribution is 0.387. The van der Waals surface area contributed by atoms with Crippen LogP contribution in [0.2, 0.25) is 5.28 Å². The van der Waals surface area contributed by atoms with Crippen LogP contribution in [0.5, 0.6) is 5.75 Å². The summed E-state index contributed by atoms with van der Waals surface area (Å²) in [6.45, 7) is 0. The van der Waals surface area contributed by atoms with Crippen molar-refractivity contribution >= 4 is 22.5 Å². The average molecular weight is 213 g/mol. The van der Waals surface area contributed by atoms with E-state index in [0.29, 0.717) is 10.9 Å². The van der Waals surface area contributed by atoms with Gasteiger partial charge in [0.25, 0.3) is 0 Å². The number of fused-ring (bicyclic) bond motifs is 1. The number of nitrogens with zero attached hydrogens (tertiary/aromatic N) is 2. The van der Waals surface area contributed by atoms with Gasteiger partial charge < -0.3 is 4.74 Å². The molecule has 0 aliphatic heterocycles. The van der Waals surface area contributed by atoms with E-state index in [2.05, 4.69) is 9.97 Å². The van der Waals surface area contributed by atoms with Crippen LogP contribution in [0.1, 0.15) is 0 Å². The van der Waals surface area contributed by atoms with Crippen LogP contribution in [0.15, 0.2) is 18.3 Å². The Bertz CT molecular complexity index is 489. The number of methoxy groups -OCH3 is 1. The summed E-state index contributed by atoms with van der Waals surface area (Å²) in [6.07, 6.45) is 1.47. The highest BCUT2D eigenvalue weighted by Gasteiger charge is 2.06. The van der Waals surface area contributed by atoms with Gasteiger partial charge in [0.05, 0.1) is 12.6 Å². The predicted molar refractivity (Wildman–Crippen MR) is 51.1 cm³/mol.